The molecule has 4 aromatic rings. The van der Waals surface area contributed by atoms with Crippen LogP contribution in [-0.4, -0.2) is 38.6 Å². The number of nitrogens with one attached hydrogen (secondary N) is 2. The van der Waals surface area contributed by atoms with Crippen molar-refractivity contribution in [1.29, 1.82) is 0 Å². The van der Waals surface area contributed by atoms with Gasteiger partial charge in [-0.2, -0.15) is 0 Å². The van der Waals surface area contributed by atoms with E-state index < -0.39 is 4.92 Å². The summed E-state index contributed by atoms with van der Waals surface area (Å²) in [5.74, 6) is 0.637. The number of imidazole rings is 1. The summed E-state index contributed by atoms with van der Waals surface area (Å²) in [4.78, 5) is 34.3. The molecule has 0 bridgehead atoms. The summed E-state index contributed by atoms with van der Waals surface area (Å²) >= 11 is 2.57. The van der Waals surface area contributed by atoms with Gasteiger partial charge in [-0.3, -0.25) is 14.9 Å². The fourth-order valence-electron chi connectivity index (χ4n) is 2.53. The molecule has 28 heavy (non-hydrogen) atoms. The minimum absolute atomic E-state index is 0.0158. The second kappa shape index (κ2) is 7.44. The highest BCUT2D eigenvalue weighted by atomic mass is 32.2. The fourth-order valence-corrected chi connectivity index (χ4v) is 4.13. The number of nitro groups is 1. The molecule has 2 heterocycles. The number of aromatic amines is 1. The van der Waals surface area contributed by atoms with Crippen molar-refractivity contribution in [3.05, 3.63) is 46.5 Å². The van der Waals surface area contributed by atoms with Gasteiger partial charge < -0.3 is 15.0 Å². The average molecular weight is 415 g/mol. The Bertz CT molecular complexity index is 1200. The quantitative estimate of drug-likeness (QED) is 0.279. The monoisotopic (exact) mass is 415 g/mol. The number of ether oxygens (including phenoxy) is 1. The van der Waals surface area contributed by atoms with Crippen LogP contribution in [0.2, 0.25) is 0 Å². The van der Waals surface area contributed by atoms with Crippen LogP contribution in [0.5, 0.6) is 5.75 Å². The molecule has 0 aliphatic heterocycles. The number of anilines is 1. The van der Waals surface area contributed by atoms with Crippen LogP contribution in [0.1, 0.15) is 0 Å². The number of amides is 1. The summed E-state index contributed by atoms with van der Waals surface area (Å²) in [6.45, 7) is 0. The lowest BCUT2D eigenvalue weighted by Crippen LogP contribution is -2.13. The van der Waals surface area contributed by atoms with Gasteiger partial charge in [-0.15, -0.1) is 0 Å². The Morgan fingerprint density at radius 2 is 2.11 bits per heavy atom. The zero-order valence-corrected chi connectivity index (χ0v) is 16.1. The van der Waals surface area contributed by atoms with Crippen molar-refractivity contribution < 1.29 is 14.5 Å². The van der Waals surface area contributed by atoms with Crippen molar-refractivity contribution >= 4 is 61.1 Å². The van der Waals surface area contributed by atoms with Gasteiger partial charge in [0.25, 0.3) is 5.69 Å². The van der Waals surface area contributed by atoms with Gasteiger partial charge in [0.05, 0.1) is 39.0 Å². The van der Waals surface area contributed by atoms with Crippen molar-refractivity contribution in [1.82, 2.24) is 15.0 Å². The van der Waals surface area contributed by atoms with E-state index in [1.165, 1.54) is 35.2 Å². The summed E-state index contributed by atoms with van der Waals surface area (Å²) < 4.78 is 6.10. The second-order valence-electron chi connectivity index (χ2n) is 5.69. The highest BCUT2D eigenvalue weighted by molar-refractivity contribution is 7.99. The number of benzene rings is 2. The van der Waals surface area contributed by atoms with Crippen molar-refractivity contribution in [3.8, 4) is 5.75 Å². The molecule has 2 N–H and O–H groups in total. The molecule has 2 aromatic carbocycles. The van der Waals surface area contributed by atoms with Crippen molar-refractivity contribution in [3.63, 3.8) is 0 Å². The van der Waals surface area contributed by atoms with Gasteiger partial charge in [0.2, 0.25) is 5.91 Å². The molecule has 0 aliphatic carbocycles. The van der Waals surface area contributed by atoms with E-state index in [2.05, 4.69) is 20.3 Å². The van der Waals surface area contributed by atoms with Crippen LogP contribution in [0.3, 0.4) is 0 Å². The Kier molecular flexibility index (Phi) is 4.84. The summed E-state index contributed by atoms with van der Waals surface area (Å²) in [6.07, 6.45) is 0. The average Bonchev–Trinajstić information content (AvgIpc) is 3.27. The maximum absolute atomic E-state index is 12.2. The minimum atomic E-state index is -0.464. The van der Waals surface area contributed by atoms with E-state index in [1.807, 2.05) is 18.2 Å². The predicted molar refractivity (Wildman–Crippen MR) is 108 cm³/mol. The SMILES string of the molecule is COc1ccc2nc(NC(=O)CSc3nc4ccc([N+](=O)[O-])cc4[nH]3)sc2c1. The van der Waals surface area contributed by atoms with E-state index in [-0.39, 0.29) is 17.3 Å². The van der Waals surface area contributed by atoms with Gasteiger partial charge in [0.1, 0.15) is 5.75 Å². The lowest BCUT2D eigenvalue weighted by atomic mass is 10.3. The normalized spacial score (nSPS) is 11.0. The number of non-ortho nitro benzene ring substituents is 1. The molecule has 11 heteroatoms. The molecule has 0 aliphatic rings. The molecule has 1 amide bonds. The molecule has 0 spiro atoms. The predicted octanol–water partition coefficient (Wildman–Crippen LogP) is 3.82. The molecular formula is C17H13N5O4S2. The van der Waals surface area contributed by atoms with Crippen LogP contribution in [0, 0.1) is 10.1 Å². The van der Waals surface area contributed by atoms with Crippen LogP contribution in [0.4, 0.5) is 10.8 Å². The maximum Gasteiger partial charge on any atom is 0.271 e. The molecule has 4 rings (SSSR count). The standard InChI is InChI=1S/C17H13N5O4S2/c1-26-10-3-5-12-14(7-10)28-17(19-12)21-15(23)8-27-16-18-11-4-2-9(22(24)25)6-13(11)20-16/h2-7H,8H2,1H3,(H,18,20)(H,19,21,23). The zero-order chi connectivity index (χ0) is 19.7. The molecular weight excluding hydrogens is 402 g/mol. The third-order valence-electron chi connectivity index (χ3n) is 3.84. The van der Waals surface area contributed by atoms with Crippen molar-refractivity contribution in [2.24, 2.45) is 0 Å². The Balaban J connectivity index is 1.41. The first kappa shape index (κ1) is 18.2. The fraction of sp³-hybridized carbons (Fsp3) is 0.118. The molecule has 0 radical (unpaired) electrons. The Hall–Kier alpha value is -3.18. The minimum Gasteiger partial charge on any atom is -0.497 e. The largest absolute Gasteiger partial charge is 0.497 e. The third-order valence-corrected chi connectivity index (χ3v) is 5.64. The van der Waals surface area contributed by atoms with Gasteiger partial charge in [-0.25, -0.2) is 9.97 Å². The summed E-state index contributed by atoms with van der Waals surface area (Å²) in [5.41, 5.74) is 1.93. The van der Waals surface area contributed by atoms with Crippen LogP contribution in [0.15, 0.2) is 41.6 Å². The number of fused-ring (bicyclic) bond motifs is 2. The number of hydrogen-bond acceptors (Lipinski definition) is 8. The first-order chi connectivity index (χ1) is 13.5. The Morgan fingerprint density at radius 1 is 1.29 bits per heavy atom. The van der Waals surface area contributed by atoms with Crippen LogP contribution in [-0.2, 0) is 4.79 Å². The number of aromatic nitrogens is 3. The molecule has 142 valence electrons. The lowest BCUT2D eigenvalue weighted by molar-refractivity contribution is -0.384. The molecule has 0 saturated carbocycles. The Morgan fingerprint density at radius 3 is 2.89 bits per heavy atom. The van der Waals surface area contributed by atoms with Gasteiger partial charge >= 0.3 is 0 Å². The number of thiazole rings is 1. The van der Waals surface area contributed by atoms with Crippen molar-refractivity contribution in [2.45, 2.75) is 5.16 Å². The zero-order valence-electron chi connectivity index (χ0n) is 14.5. The number of hydrogen-bond donors (Lipinski definition) is 2. The number of rotatable bonds is 6. The first-order valence-corrected chi connectivity index (χ1v) is 9.83. The number of carbonyl (C=O) groups is 1. The Labute approximate surface area is 166 Å². The lowest BCUT2D eigenvalue weighted by Gasteiger charge is -1.99. The highest BCUT2D eigenvalue weighted by Gasteiger charge is 2.13. The number of thioether (sulfide) groups is 1. The van der Waals surface area contributed by atoms with E-state index in [0.717, 1.165) is 16.0 Å². The smallest absolute Gasteiger partial charge is 0.271 e. The topological polar surface area (TPSA) is 123 Å². The number of carbonyl (C=O) groups excluding carboxylic acids is 1. The molecule has 0 fully saturated rings. The molecule has 2 aromatic heterocycles. The van der Waals surface area contributed by atoms with E-state index >= 15 is 0 Å². The highest BCUT2D eigenvalue weighted by Crippen LogP contribution is 2.29. The third kappa shape index (κ3) is 3.75. The summed E-state index contributed by atoms with van der Waals surface area (Å²) in [5, 5.41) is 14.6. The van der Waals surface area contributed by atoms with Crippen LogP contribution < -0.4 is 10.1 Å². The van der Waals surface area contributed by atoms with E-state index in [0.29, 0.717) is 21.3 Å². The first-order valence-electron chi connectivity index (χ1n) is 8.03. The molecule has 9 nitrogen and oxygen atoms in total. The molecule has 0 saturated heterocycles. The number of nitrogens with zero attached hydrogens (tertiary/aromatic N) is 3. The summed E-state index contributed by atoms with van der Waals surface area (Å²) in [7, 11) is 1.60. The van der Waals surface area contributed by atoms with Gasteiger partial charge in [-0.05, 0) is 24.3 Å². The molecule has 0 atom stereocenters. The van der Waals surface area contributed by atoms with E-state index in [4.69, 9.17) is 4.74 Å². The van der Waals surface area contributed by atoms with Gasteiger partial charge in [0, 0.05) is 12.1 Å². The number of H-pyrrole nitrogens is 1. The van der Waals surface area contributed by atoms with Crippen LogP contribution in [0.25, 0.3) is 21.3 Å². The molecule has 0 unspecified atom stereocenters. The van der Waals surface area contributed by atoms with E-state index in [9.17, 15) is 14.9 Å². The van der Waals surface area contributed by atoms with Gasteiger partial charge in [0.15, 0.2) is 10.3 Å². The van der Waals surface area contributed by atoms with E-state index in [1.54, 1.807) is 13.2 Å². The number of nitro benzene ring substituents is 1. The second-order valence-corrected chi connectivity index (χ2v) is 7.68. The summed E-state index contributed by atoms with van der Waals surface area (Å²) in [6, 6.07) is 9.90. The van der Waals surface area contributed by atoms with Crippen molar-refractivity contribution in [2.75, 3.05) is 18.2 Å². The van der Waals surface area contributed by atoms with Crippen LogP contribution >= 0.6 is 23.1 Å². The maximum atomic E-state index is 12.2. The van der Waals surface area contributed by atoms with Gasteiger partial charge in [-0.1, -0.05) is 23.1 Å². The number of methoxy groups -OCH3 is 1.